The third-order valence-corrected chi connectivity index (χ3v) is 8.89. The van der Waals surface area contributed by atoms with Gasteiger partial charge >= 0.3 is 6.01 Å². The third-order valence-electron chi connectivity index (χ3n) is 8.43. The molecule has 3 N–H and O–H groups in total. The lowest BCUT2D eigenvalue weighted by atomic mass is 9.90. The number of allylic oxidation sites excluding steroid dienone is 2. The van der Waals surface area contributed by atoms with Crippen LogP contribution in [0.3, 0.4) is 0 Å². The van der Waals surface area contributed by atoms with Gasteiger partial charge in [0, 0.05) is 56.4 Å². The Hall–Kier alpha value is -2.69. The maximum Gasteiger partial charge on any atom is 0.320 e. The number of dihydropyridines is 1. The van der Waals surface area contributed by atoms with Crippen LogP contribution in [0.5, 0.6) is 0 Å². The summed E-state index contributed by atoms with van der Waals surface area (Å²) in [4.78, 5) is 21.5. The number of nitrogens with one attached hydrogen (secondary N) is 1. The molecule has 4 heterocycles. The number of fused-ring (bicyclic) bond motifs is 2. The first-order valence-corrected chi connectivity index (χ1v) is 14.8. The quantitative estimate of drug-likeness (QED) is 0.509. The van der Waals surface area contributed by atoms with Crippen molar-refractivity contribution in [1.29, 1.82) is 0 Å². The van der Waals surface area contributed by atoms with E-state index < -0.39 is 0 Å². The molecule has 39 heavy (non-hydrogen) atoms. The van der Waals surface area contributed by atoms with Crippen LogP contribution in [0.1, 0.15) is 48.4 Å². The largest absolute Gasteiger partial charge is 0.382 e. The fourth-order valence-electron chi connectivity index (χ4n) is 6.17. The molecule has 3 aliphatic heterocycles. The summed E-state index contributed by atoms with van der Waals surface area (Å²) in [5.41, 5.74) is 11.3. The first-order chi connectivity index (χ1) is 18.9. The van der Waals surface area contributed by atoms with Crippen LogP contribution in [-0.2, 0) is 11.2 Å². The smallest absolute Gasteiger partial charge is 0.320 e. The van der Waals surface area contributed by atoms with Gasteiger partial charge in [0.15, 0.2) is 0 Å². The summed E-state index contributed by atoms with van der Waals surface area (Å²) in [6.45, 7) is 8.52. The first-order valence-electron chi connectivity index (χ1n) is 14.0. The molecule has 2 unspecified atom stereocenters. The van der Waals surface area contributed by atoms with Crippen molar-refractivity contribution in [3.63, 3.8) is 0 Å². The lowest BCUT2D eigenvalue weighted by Gasteiger charge is -2.42. The number of aldehydes is 1. The standard InChI is InChI=1S/C20H26BrN3.C9H14N4O2/c1-14-3-6-18-15(11-14)4-5-16-12-17(21)13-22-19(16)20(18)24-9-7-23(2)8-10-24;10-8-11-9(12-15-8)13-4-1-7(2-5-13)3-6-14/h3,6,11-13,19-20,22H,4-5,7-10H2,1-2H3;6-7H,1-5H2,(H2,10,11,12). The Morgan fingerprint density at radius 3 is 2.62 bits per heavy atom. The summed E-state index contributed by atoms with van der Waals surface area (Å²) in [6, 6.07) is 7.98. The van der Waals surface area contributed by atoms with Crippen molar-refractivity contribution in [3.05, 3.63) is 57.2 Å². The van der Waals surface area contributed by atoms with Crippen LogP contribution in [0.15, 0.2) is 45.1 Å². The fraction of sp³-hybridized carbons (Fsp3) is 0.552. The van der Waals surface area contributed by atoms with Crippen LogP contribution in [0.4, 0.5) is 12.0 Å². The molecule has 1 aromatic carbocycles. The van der Waals surface area contributed by atoms with E-state index in [1.807, 2.05) is 4.90 Å². The van der Waals surface area contributed by atoms with Crippen molar-refractivity contribution in [2.24, 2.45) is 5.92 Å². The molecule has 0 spiro atoms. The molecule has 0 radical (unpaired) electrons. The number of likely N-dealkylation sites (N-methyl/N-ethyl adjacent to an activating group) is 1. The number of rotatable bonds is 4. The van der Waals surface area contributed by atoms with E-state index in [4.69, 9.17) is 10.3 Å². The number of hydrogen-bond acceptors (Lipinski definition) is 9. The summed E-state index contributed by atoms with van der Waals surface area (Å²) in [7, 11) is 2.23. The van der Waals surface area contributed by atoms with E-state index in [1.165, 1.54) is 22.3 Å². The normalized spacial score (nSPS) is 24.2. The van der Waals surface area contributed by atoms with Gasteiger partial charge in [0.2, 0.25) is 0 Å². The highest BCUT2D eigenvalue weighted by atomic mass is 79.9. The Morgan fingerprint density at radius 2 is 1.92 bits per heavy atom. The molecule has 2 atom stereocenters. The number of aromatic nitrogens is 2. The summed E-state index contributed by atoms with van der Waals surface area (Å²) in [5.74, 6) is 1.06. The Morgan fingerprint density at radius 1 is 1.15 bits per heavy atom. The Bertz CT molecular complexity index is 1200. The minimum absolute atomic E-state index is 0.0972. The number of nitrogens with two attached hydrogens (primary N) is 1. The molecular formula is C29H40BrN7O2. The van der Waals surface area contributed by atoms with Crippen molar-refractivity contribution in [2.45, 2.75) is 51.1 Å². The van der Waals surface area contributed by atoms with Gasteiger partial charge in [0.1, 0.15) is 6.29 Å². The molecule has 2 fully saturated rings. The van der Waals surface area contributed by atoms with Crippen molar-refractivity contribution < 1.29 is 9.32 Å². The highest BCUT2D eigenvalue weighted by molar-refractivity contribution is 9.11. The van der Waals surface area contributed by atoms with Gasteiger partial charge in [-0.1, -0.05) is 23.8 Å². The molecule has 2 aromatic rings. The minimum atomic E-state index is 0.0972. The van der Waals surface area contributed by atoms with Gasteiger partial charge in [-0.05, 0) is 89.4 Å². The number of carbonyl (C=O) groups excluding carboxylic acids is 1. The molecule has 0 bridgehead atoms. The van der Waals surface area contributed by atoms with E-state index in [0.29, 0.717) is 30.4 Å². The number of carbonyl (C=O) groups is 1. The number of piperazine rings is 1. The van der Waals surface area contributed by atoms with E-state index in [2.05, 4.69) is 85.6 Å². The van der Waals surface area contributed by atoms with Gasteiger partial charge in [-0.2, -0.15) is 4.98 Å². The number of halogens is 1. The summed E-state index contributed by atoms with van der Waals surface area (Å²) in [5, 5.41) is 7.45. The van der Waals surface area contributed by atoms with Crippen LogP contribution in [0.2, 0.25) is 0 Å². The highest BCUT2D eigenvalue weighted by Gasteiger charge is 2.36. The molecule has 1 aromatic heterocycles. The third kappa shape index (κ3) is 6.73. The predicted molar refractivity (Wildman–Crippen MR) is 158 cm³/mol. The Labute approximate surface area is 239 Å². The van der Waals surface area contributed by atoms with Gasteiger partial charge in [0.25, 0.3) is 5.95 Å². The van der Waals surface area contributed by atoms with Crippen molar-refractivity contribution >= 4 is 34.2 Å². The highest BCUT2D eigenvalue weighted by Crippen LogP contribution is 2.39. The van der Waals surface area contributed by atoms with Crippen LogP contribution in [0, 0.1) is 12.8 Å². The van der Waals surface area contributed by atoms with Gasteiger partial charge < -0.3 is 30.2 Å². The van der Waals surface area contributed by atoms with Crippen LogP contribution in [-0.4, -0.2) is 78.6 Å². The second-order valence-corrected chi connectivity index (χ2v) is 12.1. The molecule has 4 aliphatic rings. The zero-order valence-corrected chi connectivity index (χ0v) is 24.6. The first kappa shape index (κ1) is 27.9. The van der Waals surface area contributed by atoms with Gasteiger partial charge in [0.05, 0.1) is 12.1 Å². The second-order valence-electron chi connectivity index (χ2n) is 11.1. The average molecular weight is 599 g/mol. The lowest BCUT2D eigenvalue weighted by molar-refractivity contribution is -0.108. The maximum absolute atomic E-state index is 10.4. The van der Waals surface area contributed by atoms with Crippen molar-refractivity contribution in [3.8, 4) is 0 Å². The SMILES string of the molecule is Cc1ccc2c(c1)CCC1=CC(Br)=CNC1C2N1CCN(C)CC1.Nc1nc(N2CCC(CC=O)CC2)no1. The molecule has 1 aliphatic carbocycles. The average Bonchev–Trinajstić information content (AvgIpc) is 3.31. The number of hydrogen-bond donors (Lipinski definition) is 2. The van der Waals surface area contributed by atoms with Crippen LogP contribution < -0.4 is 16.0 Å². The molecule has 10 heteroatoms. The molecule has 9 nitrogen and oxygen atoms in total. The molecule has 0 amide bonds. The number of nitrogen functional groups attached to an aromatic ring is 1. The molecular weight excluding hydrogens is 558 g/mol. The topological polar surface area (TPSA) is 104 Å². The van der Waals surface area contributed by atoms with Crippen LogP contribution in [0.25, 0.3) is 0 Å². The maximum atomic E-state index is 10.4. The van der Waals surface area contributed by atoms with Gasteiger partial charge in [-0.15, -0.1) is 0 Å². The van der Waals surface area contributed by atoms with Crippen LogP contribution >= 0.6 is 15.9 Å². The zero-order valence-electron chi connectivity index (χ0n) is 23.0. The summed E-state index contributed by atoms with van der Waals surface area (Å²) in [6.07, 6.45) is 10.4. The number of aryl methyl sites for hydroxylation is 2. The zero-order chi connectivity index (χ0) is 27.4. The van der Waals surface area contributed by atoms with E-state index in [1.54, 1.807) is 0 Å². The van der Waals surface area contributed by atoms with E-state index in [-0.39, 0.29) is 6.01 Å². The number of piperidine rings is 1. The fourth-order valence-corrected chi connectivity index (χ4v) is 6.60. The van der Waals surface area contributed by atoms with Gasteiger partial charge in [-0.25, -0.2) is 0 Å². The molecule has 6 rings (SSSR count). The predicted octanol–water partition coefficient (Wildman–Crippen LogP) is 3.82. The van der Waals surface area contributed by atoms with Crippen molar-refractivity contribution in [1.82, 2.24) is 25.3 Å². The number of nitrogens with zero attached hydrogens (tertiary/aromatic N) is 5. The van der Waals surface area contributed by atoms with E-state index in [9.17, 15) is 4.79 Å². The molecule has 0 saturated carbocycles. The Balaban J connectivity index is 0.000000177. The molecule has 2 saturated heterocycles. The minimum Gasteiger partial charge on any atom is -0.382 e. The van der Waals surface area contributed by atoms with Crippen molar-refractivity contribution in [2.75, 3.05) is 56.9 Å². The second kappa shape index (κ2) is 12.7. The number of benzene rings is 1. The van der Waals surface area contributed by atoms with Gasteiger partial charge in [-0.3, -0.25) is 4.90 Å². The number of anilines is 2. The van der Waals surface area contributed by atoms with E-state index in [0.717, 1.165) is 75.7 Å². The summed E-state index contributed by atoms with van der Waals surface area (Å²) >= 11 is 3.65. The van der Waals surface area contributed by atoms with E-state index >= 15 is 0 Å². The summed E-state index contributed by atoms with van der Waals surface area (Å²) < 4.78 is 5.87. The lowest BCUT2D eigenvalue weighted by Crippen LogP contribution is -2.51. The Kier molecular flexibility index (Phi) is 9.04. The monoisotopic (exact) mass is 597 g/mol. The molecule has 210 valence electrons.